The first-order chi connectivity index (χ1) is 17.4. The van der Waals surface area contributed by atoms with E-state index in [1.165, 1.54) is 12.1 Å². The molecular weight excluding hydrogens is 457 g/mol. The number of aliphatic hydroxyl groups excluding tert-OH is 1. The SMILES string of the molecule is CCCN1[C@@H]2c3ccc(-c4cccc(F)c4)c(=O)n3C[C@@H]2[C@@H](CO)[C@@H]1C(=O)N[C@@H](C)c1ccccc1. The van der Waals surface area contributed by atoms with Gasteiger partial charge in [-0.3, -0.25) is 14.5 Å². The van der Waals surface area contributed by atoms with Crippen molar-refractivity contribution in [2.45, 2.75) is 44.9 Å². The van der Waals surface area contributed by atoms with Gasteiger partial charge < -0.3 is 15.0 Å². The van der Waals surface area contributed by atoms with Gasteiger partial charge in [-0.05, 0) is 55.3 Å². The molecule has 2 aliphatic heterocycles. The summed E-state index contributed by atoms with van der Waals surface area (Å²) in [6.45, 7) is 4.99. The van der Waals surface area contributed by atoms with Gasteiger partial charge in [-0.15, -0.1) is 0 Å². The number of halogens is 1. The lowest BCUT2D eigenvalue weighted by atomic mass is 9.88. The molecule has 0 saturated carbocycles. The molecule has 1 amide bonds. The van der Waals surface area contributed by atoms with Crippen LogP contribution in [0.3, 0.4) is 0 Å². The minimum Gasteiger partial charge on any atom is -0.396 e. The molecule has 0 radical (unpaired) electrons. The predicted molar refractivity (Wildman–Crippen MR) is 137 cm³/mol. The fourth-order valence-electron chi connectivity index (χ4n) is 6.12. The smallest absolute Gasteiger partial charge is 0.258 e. The number of aromatic nitrogens is 1. The largest absolute Gasteiger partial charge is 0.396 e. The maximum Gasteiger partial charge on any atom is 0.258 e. The van der Waals surface area contributed by atoms with Crippen LogP contribution >= 0.6 is 0 Å². The molecule has 0 spiro atoms. The van der Waals surface area contributed by atoms with Crippen molar-refractivity contribution in [3.05, 3.63) is 94.2 Å². The Morgan fingerprint density at radius 1 is 1.14 bits per heavy atom. The van der Waals surface area contributed by atoms with E-state index < -0.39 is 6.04 Å². The fraction of sp³-hybridized carbons (Fsp3) is 0.379. The molecule has 1 fully saturated rings. The van der Waals surface area contributed by atoms with E-state index in [0.29, 0.717) is 24.2 Å². The van der Waals surface area contributed by atoms with E-state index in [4.69, 9.17) is 0 Å². The molecule has 2 N–H and O–H groups in total. The Morgan fingerprint density at radius 3 is 2.61 bits per heavy atom. The molecule has 0 unspecified atom stereocenters. The third-order valence-electron chi connectivity index (χ3n) is 7.74. The van der Waals surface area contributed by atoms with E-state index in [1.54, 1.807) is 22.8 Å². The molecule has 0 aliphatic carbocycles. The van der Waals surface area contributed by atoms with Gasteiger partial charge >= 0.3 is 0 Å². The van der Waals surface area contributed by atoms with Gasteiger partial charge in [-0.2, -0.15) is 0 Å². The van der Waals surface area contributed by atoms with Gasteiger partial charge in [0, 0.05) is 36.2 Å². The van der Waals surface area contributed by atoms with Gasteiger partial charge in [0.15, 0.2) is 0 Å². The summed E-state index contributed by atoms with van der Waals surface area (Å²) in [5.74, 6) is -0.859. The van der Waals surface area contributed by atoms with E-state index in [2.05, 4.69) is 17.1 Å². The summed E-state index contributed by atoms with van der Waals surface area (Å²) in [6, 6.07) is 18.8. The Labute approximate surface area is 210 Å². The number of hydrogen-bond acceptors (Lipinski definition) is 4. The number of amides is 1. The van der Waals surface area contributed by atoms with Crippen LogP contribution in [0.1, 0.15) is 43.6 Å². The molecule has 1 saturated heterocycles. The summed E-state index contributed by atoms with van der Waals surface area (Å²) in [5, 5.41) is 13.6. The van der Waals surface area contributed by atoms with Crippen LogP contribution in [0, 0.1) is 17.7 Å². The van der Waals surface area contributed by atoms with Crippen molar-refractivity contribution in [1.82, 2.24) is 14.8 Å². The first-order valence-electron chi connectivity index (χ1n) is 12.7. The van der Waals surface area contributed by atoms with Crippen molar-refractivity contribution in [3.63, 3.8) is 0 Å². The molecule has 0 bridgehead atoms. The summed E-state index contributed by atoms with van der Waals surface area (Å²) >= 11 is 0. The second-order valence-electron chi connectivity index (χ2n) is 9.88. The van der Waals surface area contributed by atoms with Crippen molar-refractivity contribution >= 4 is 5.91 Å². The number of carbonyl (C=O) groups is 1. The van der Waals surface area contributed by atoms with Gasteiger partial charge in [0.2, 0.25) is 5.91 Å². The lowest BCUT2D eigenvalue weighted by Crippen LogP contribution is -2.49. The lowest BCUT2D eigenvalue weighted by Gasteiger charge is -2.31. The first kappa shape index (κ1) is 24.4. The average molecular weight is 490 g/mol. The number of carbonyl (C=O) groups excluding carboxylic acids is 1. The lowest BCUT2D eigenvalue weighted by molar-refractivity contribution is -0.128. The van der Waals surface area contributed by atoms with Crippen LogP contribution in [0.5, 0.6) is 0 Å². The fourth-order valence-corrected chi connectivity index (χ4v) is 6.12. The number of pyridine rings is 1. The minimum atomic E-state index is -0.483. The van der Waals surface area contributed by atoms with Crippen molar-refractivity contribution in [1.29, 1.82) is 0 Å². The molecule has 1 aromatic heterocycles. The highest BCUT2D eigenvalue weighted by molar-refractivity contribution is 5.83. The van der Waals surface area contributed by atoms with Crippen LogP contribution in [0.4, 0.5) is 4.39 Å². The van der Waals surface area contributed by atoms with Gasteiger partial charge in [-0.25, -0.2) is 4.39 Å². The number of nitrogens with zero attached hydrogens (tertiary/aromatic N) is 2. The molecule has 6 nitrogen and oxygen atoms in total. The second-order valence-corrected chi connectivity index (χ2v) is 9.88. The number of likely N-dealkylation sites (tertiary alicyclic amines) is 1. The molecule has 5 atom stereocenters. The molecule has 5 rings (SSSR count). The minimum absolute atomic E-state index is 0.0696. The number of rotatable bonds is 7. The summed E-state index contributed by atoms with van der Waals surface area (Å²) in [5.41, 5.74) is 2.70. The maximum atomic E-state index is 13.8. The van der Waals surface area contributed by atoms with Crippen LogP contribution in [0.15, 0.2) is 71.5 Å². The Bertz CT molecular complexity index is 1310. The van der Waals surface area contributed by atoms with E-state index >= 15 is 0 Å². The highest BCUT2D eigenvalue weighted by Crippen LogP contribution is 2.49. The topological polar surface area (TPSA) is 74.6 Å². The third-order valence-corrected chi connectivity index (χ3v) is 7.74. The van der Waals surface area contributed by atoms with E-state index in [1.807, 2.05) is 43.3 Å². The zero-order chi connectivity index (χ0) is 25.4. The zero-order valence-corrected chi connectivity index (χ0v) is 20.6. The van der Waals surface area contributed by atoms with Gasteiger partial charge in [0.25, 0.3) is 5.56 Å². The normalized spacial score (nSPS) is 23.8. The molecule has 7 heteroatoms. The summed E-state index contributed by atoms with van der Waals surface area (Å²) in [4.78, 5) is 29.2. The molecule has 36 heavy (non-hydrogen) atoms. The van der Waals surface area contributed by atoms with Crippen molar-refractivity contribution in [3.8, 4) is 11.1 Å². The Balaban J connectivity index is 1.48. The highest BCUT2D eigenvalue weighted by atomic mass is 19.1. The van der Waals surface area contributed by atoms with Crippen LogP contribution in [-0.2, 0) is 11.3 Å². The maximum absolute atomic E-state index is 13.8. The predicted octanol–water partition coefficient (Wildman–Crippen LogP) is 3.91. The number of benzene rings is 2. The van der Waals surface area contributed by atoms with E-state index in [-0.39, 0.29) is 47.8 Å². The Kier molecular flexibility index (Phi) is 6.77. The second kappa shape index (κ2) is 9.99. The van der Waals surface area contributed by atoms with Crippen LogP contribution in [-0.4, -0.2) is 39.7 Å². The third kappa shape index (κ3) is 4.16. The standard InChI is InChI=1S/C29H32FN3O3/c1-3-14-32-26-23(24(17-34)27(32)28(35)31-18(2)19-8-5-4-6-9-19)16-33-25(26)13-12-22(29(33)36)20-10-7-11-21(30)15-20/h4-13,15,18,23-24,26-27,34H,3,14,16-17H2,1-2H3,(H,31,35)/t18-,23+,24+,26-,27+/m0/s1. The Hall–Kier alpha value is -3.29. The first-order valence-corrected chi connectivity index (χ1v) is 12.7. The van der Waals surface area contributed by atoms with Crippen LogP contribution < -0.4 is 10.9 Å². The van der Waals surface area contributed by atoms with Crippen molar-refractivity contribution in [2.75, 3.05) is 13.2 Å². The molecular formula is C29H32FN3O3. The zero-order valence-electron chi connectivity index (χ0n) is 20.6. The quantitative estimate of drug-likeness (QED) is 0.528. The molecule has 188 valence electrons. The molecule has 2 aliphatic rings. The van der Waals surface area contributed by atoms with Crippen molar-refractivity contribution in [2.24, 2.45) is 11.8 Å². The van der Waals surface area contributed by atoms with Gasteiger partial charge in [0.05, 0.1) is 18.1 Å². The highest BCUT2D eigenvalue weighted by Gasteiger charge is 2.55. The van der Waals surface area contributed by atoms with Gasteiger partial charge in [0.1, 0.15) is 5.82 Å². The van der Waals surface area contributed by atoms with E-state index in [9.17, 15) is 19.1 Å². The summed E-state index contributed by atoms with van der Waals surface area (Å²) in [7, 11) is 0. The monoisotopic (exact) mass is 489 g/mol. The van der Waals surface area contributed by atoms with E-state index in [0.717, 1.165) is 17.7 Å². The molecule has 3 heterocycles. The van der Waals surface area contributed by atoms with Crippen molar-refractivity contribution < 1.29 is 14.3 Å². The molecule has 2 aromatic carbocycles. The Morgan fingerprint density at radius 2 is 1.92 bits per heavy atom. The van der Waals surface area contributed by atoms with Crippen LogP contribution in [0.2, 0.25) is 0 Å². The number of fused-ring (bicyclic) bond motifs is 3. The average Bonchev–Trinajstić information content (AvgIpc) is 3.40. The molecule has 3 aromatic rings. The van der Waals surface area contributed by atoms with Crippen LogP contribution in [0.25, 0.3) is 11.1 Å². The number of hydrogen-bond donors (Lipinski definition) is 2. The number of aliphatic hydroxyl groups is 1. The summed E-state index contributed by atoms with van der Waals surface area (Å²) < 4.78 is 15.6. The number of nitrogens with one attached hydrogen (secondary N) is 1. The summed E-state index contributed by atoms with van der Waals surface area (Å²) in [6.07, 6.45) is 0.838. The van der Waals surface area contributed by atoms with Gasteiger partial charge in [-0.1, -0.05) is 49.4 Å².